The molecule has 0 unspecified atom stereocenters. The molecule has 0 atom stereocenters. The van der Waals surface area contributed by atoms with Crippen molar-refractivity contribution in [2.24, 2.45) is 7.05 Å². The van der Waals surface area contributed by atoms with Gasteiger partial charge < -0.3 is 14.6 Å². The minimum absolute atomic E-state index is 0.00347. The van der Waals surface area contributed by atoms with Crippen molar-refractivity contribution in [1.82, 2.24) is 9.88 Å². The Labute approximate surface area is 109 Å². The highest BCUT2D eigenvalue weighted by Gasteiger charge is 2.27. The van der Waals surface area contributed by atoms with Crippen LogP contribution in [-0.4, -0.2) is 30.5 Å². The highest BCUT2D eigenvalue weighted by Crippen LogP contribution is 2.14. The van der Waals surface area contributed by atoms with E-state index in [4.69, 9.17) is 5.26 Å². The topological polar surface area (TPSA) is 50.0 Å². The SMILES string of the molecule is Cc1c(CNCCOCC(F)(F)F)cc(C#N)n1C. The van der Waals surface area contributed by atoms with Gasteiger partial charge in [-0.05, 0) is 18.6 Å². The van der Waals surface area contributed by atoms with E-state index >= 15 is 0 Å². The lowest BCUT2D eigenvalue weighted by Crippen LogP contribution is -2.23. The Hall–Kier alpha value is -1.52. The Morgan fingerprint density at radius 2 is 2.16 bits per heavy atom. The zero-order valence-corrected chi connectivity index (χ0v) is 10.8. The van der Waals surface area contributed by atoms with E-state index in [1.807, 2.05) is 6.92 Å². The van der Waals surface area contributed by atoms with Gasteiger partial charge in [0.25, 0.3) is 0 Å². The molecule has 1 rings (SSSR count). The minimum Gasteiger partial charge on any atom is -0.371 e. The second kappa shape index (κ2) is 6.59. The summed E-state index contributed by atoms with van der Waals surface area (Å²) in [6.07, 6.45) is -4.28. The summed E-state index contributed by atoms with van der Waals surface area (Å²) in [4.78, 5) is 0. The molecule has 0 bridgehead atoms. The zero-order chi connectivity index (χ0) is 14.5. The van der Waals surface area contributed by atoms with Crippen LogP contribution in [0, 0.1) is 18.3 Å². The molecule has 0 aliphatic carbocycles. The van der Waals surface area contributed by atoms with Crippen LogP contribution in [0.25, 0.3) is 0 Å². The second-order valence-electron chi connectivity index (χ2n) is 4.16. The third-order valence-electron chi connectivity index (χ3n) is 2.76. The van der Waals surface area contributed by atoms with E-state index < -0.39 is 12.8 Å². The highest BCUT2D eigenvalue weighted by atomic mass is 19.4. The van der Waals surface area contributed by atoms with Crippen LogP contribution >= 0.6 is 0 Å². The summed E-state index contributed by atoms with van der Waals surface area (Å²) in [6, 6.07) is 3.83. The number of hydrogen-bond acceptors (Lipinski definition) is 3. The smallest absolute Gasteiger partial charge is 0.371 e. The number of halogens is 3. The molecule has 4 nitrogen and oxygen atoms in total. The Kier molecular flexibility index (Phi) is 5.39. The third-order valence-corrected chi connectivity index (χ3v) is 2.76. The molecule has 0 saturated carbocycles. The predicted octanol–water partition coefficient (Wildman–Crippen LogP) is 1.87. The molecule has 0 amide bonds. The van der Waals surface area contributed by atoms with E-state index in [1.165, 1.54) is 0 Å². The fourth-order valence-corrected chi connectivity index (χ4v) is 1.60. The van der Waals surface area contributed by atoms with Gasteiger partial charge in [-0.3, -0.25) is 0 Å². The average Bonchev–Trinajstić information content (AvgIpc) is 2.60. The first-order valence-electron chi connectivity index (χ1n) is 5.75. The first-order valence-corrected chi connectivity index (χ1v) is 5.75. The van der Waals surface area contributed by atoms with Crippen molar-refractivity contribution in [3.05, 3.63) is 23.0 Å². The normalized spacial score (nSPS) is 11.6. The monoisotopic (exact) mass is 275 g/mol. The number of nitrogens with zero attached hydrogens (tertiary/aromatic N) is 2. The molecule has 1 aromatic rings. The van der Waals surface area contributed by atoms with Gasteiger partial charge in [0.05, 0.1) is 6.61 Å². The zero-order valence-electron chi connectivity index (χ0n) is 10.8. The number of ether oxygens (including phenoxy) is 1. The summed E-state index contributed by atoms with van der Waals surface area (Å²) < 4.78 is 41.6. The third kappa shape index (κ3) is 4.93. The van der Waals surface area contributed by atoms with Crippen molar-refractivity contribution in [3.8, 4) is 6.07 Å². The van der Waals surface area contributed by atoms with Crippen molar-refractivity contribution in [1.29, 1.82) is 5.26 Å². The van der Waals surface area contributed by atoms with Gasteiger partial charge in [-0.2, -0.15) is 18.4 Å². The van der Waals surface area contributed by atoms with Gasteiger partial charge in [-0.15, -0.1) is 0 Å². The lowest BCUT2D eigenvalue weighted by atomic mass is 10.2. The molecule has 0 spiro atoms. The van der Waals surface area contributed by atoms with E-state index in [-0.39, 0.29) is 6.61 Å². The molecule has 106 valence electrons. The van der Waals surface area contributed by atoms with Crippen LogP contribution in [-0.2, 0) is 18.3 Å². The van der Waals surface area contributed by atoms with Gasteiger partial charge in [0.2, 0.25) is 0 Å². The van der Waals surface area contributed by atoms with Crippen LogP contribution in [0.15, 0.2) is 6.07 Å². The van der Waals surface area contributed by atoms with Crippen LogP contribution in [0.3, 0.4) is 0 Å². The predicted molar refractivity (Wildman–Crippen MR) is 63.4 cm³/mol. The summed E-state index contributed by atoms with van der Waals surface area (Å²) in [5, 5.41) is 11.8. The minimum atomic E-state index is -4.28. The van der Waals surface area contributed by atoms with Crippen LogP contribution < -0.4 is 5.32 Å². The summed E-state index contributed by atoms with van der Waals surface area (Å²) in [5.74, 6) is 0. The van der Waals surface area contributed by atoms with Crippen molar-refractivity contribution in [2.75, 3.05) is 19.8 Å². The summed E-state index contributed by atoms with van der Waals surface area (Å²) in [7, 11) is 1.80. The van der Waals surface area contributed by atoms with Crippen LogP contribution in [0.1, 0.15) is 17.0 Å². The quantitative estimate of drug-likeness (QED) is 0.806. The molecule has 0 fully saturated rings. The number of nitriles is 1. The maximum absolute atomic E-state index is 11.8. The first kappa shape index (κ1) is 15.5. The van der Waals surface area contributed by atoms with Crippen LogP contribution in [0.4, 0.5) is 13.2 Å². The Morgan fingerprint density at radius 1 is 1.47 bits per heavy atom. The summed E-state index contributed by atoms with van der Waals surface area (Å²) in [6.45, 7) is 1.48. The van der Waals surface area contributed by atoms with Gasteiger partial charge >= 0.3 is 6.18 Å². The molecular formula is C12H16F3N3O. The highest BCUT2D eigenvalue weighted by molar-refractivity contribution is 5.33. The number of hydrogen-bond donors (Lipinski definition) is 1. The van der Waals surface area contributed by atoms with Crippen molar-refractivity contribution in [3.63, 3.8) is 0 Å². The second-order valence-corrected chi connectivity index (χ2v) is 4.16. The number of nitrogens with one attached hydrogen (secondary N) is 1. The lowest BCUT2D eigenvalue weighted by molar-refractivity contribution is -0.173. The van der Waals surface area contributed by atoms with Crippen LogP contribution in [0.5, 0.6) is 0 Å². The van der Waals surface area contributed by atoms with E-state index in [2.05, 4.69) is 16.1 Å². The molecule has 7 heteroatoms. The van der Waals surface area contributed by atoms with Crippen molar-refractivity contribution < 1.29 is 17.9 Å². The van der Waals surface area contributed by atoms with Crippen molar-refractivity contribution in [2.45, 2.75) is 19.6 Å². The van der Waals surface area contributed by atoms with E-state index in [0.717, 1.165) is 11.3 Å². The van der Waals surface area contributed by atoms with Crippen molar-refractivity contribution >= 4 is 0 Å². The standard InChI is InChI=1S/C12H16F3N3O/c1-9-10(5-11(6-16)18(9)2)7-17-3-4-19-8-12(13,14)15/h5,17H,3-4,7-8H2,1-2H3. The van der Waals surface area contributed by atoms with E-state index in [1.54, 1.807) is 17.7 Å². The molecule has 1 aromatic heterocycles. The summed E-state index contributed by atoms with van der Waals surface area (Å²) >= 11 is 0. The number of alkyl halides is 3. The fourth-order valence-electron chi connectivity index (χ4n) is 1.60. The van der Waals surface area contributed by atoms with Gasteiger partial charge in [0, 0.05) is 25.8 Å². The van der Waals surface area contributed by atoms with Gasteiger partial charge in [0.15, 0.2) is 0 Å². The molecule has 0 aliphatic rings. The molecule has 0 aromatic carbocycles. The maximum atomic E-state index is 11.8. The molecule has 0 aliphatic heterocycles. The van der Waals surface area contributed by atoms with E-state index in [0.29, 0.717) is 18.8 Å². The van der Waals surface area contributed by atoms with Crippen LogP contribution in [0.2, 0.25) is 0 Å². The fraction of sp³-hybridized carbons (Fsp3) is 0.583. The van der Waals surface area contributed by atoms with Gasteiger partial charge in [-0.25, -0.2) is 0 Å². The molecule has 0 radical (unpaired) electrons. The molecule has 19 heavy (non-hydrogen) atoms. The number of aromatic nitrogens is 1. The Morgan fingerprint density at radius 3 is 2.68 bits per heavy atom. The van der Waals surface area contributed by atoms with Gasteiger partial charge in [-0.1, -0.05) is 0 Å². The van der Waals surface area contributed by atoms with Gasteiger partial charge in [0.1, 0.15) is 18.4 Å². The Balaban J connectivity index is 2.29. The largest absolute Gasteiger partial charge is 0.411 e. The lowest BCUT2D eigenvalue weighted by Gasteiger charge is -2.08. The molecule has 1 heterocycles. The molecule has 1 N–H and O–H groups in total. The van der Waals surface area contributed by atoms with E-state index in [9.17, 15) is 13.2 Å². The average molecular weight is 275 g/mol. The maximum Gasteiger partial charge on any atom is 0.411 e. The Bertz CT molecular complexity index is 460. The summed E-state index contributed by atoms with van der Waals surface area (Å²) in [5.41, 5.74) is 2.47. The molecular weight excluding hydrogens is 259 g/mol. The molecule has 0 saturated heterocycles. The number of rotatable bonds is 6. The first-order chi connectivity index (χ1) is 8.85.